The smallest absolute Gasteiger partial charge is 0.0962 e. The first kappa shape index (κ1) is 19.4. The first-order valence-electron chi connectivity index (χ1n) is 9.91. The van der Waals surface area contributed by atoms with Gasteiger partial charge in [-0.2, -0.15) is 0 Å². The zero-order valence-electron chi connectivity index (χ0n) is 16.3. The van der Waals surface area contributed by atoms with Crippen molar-refractivity contribution in [2.24, 2.45) is 0 Å². The van der Waals surface area contributed by atoms with Crippen molar-refractivity contribution in [3.05, 3.63) is 113 Å². The molecule has 0 amide bonds. The third kappa shape index (κ3) is 4.24. The Hall–Kier alpha value is -1.90. The Morgan fingerprint density at radius 3 is 2.18 bits per heavy atom. The molecule has 1 saturated heterocycles. The molecule has 1 heterocycles. The van der Waals surface area contributed by atoms with Crippen molar-refractivity contribution in [2.75, 3.05) is 11.5 Å². The van der Waals surface area contributed by atoms with Gasteiger partial charge in [0.15, 0.2) is 0 Å². The zero-order valence-corrected chi connectivity index (χ0v) is 17.9. The van der Waals surface area contributed by atoms with E-state index in [1.54, 1.807) is 0 Å². The summed E-state index contributed by atoms with van der Waals surface area (Å²) in [5.74, 6) is 2.73. The minimum absolute atomic E-state index is 0.0108. The molecule has 0 spiro atoms. The molecule has 0 N–H and O–H groups in total. The molecule has 0 radical (unpaired) electrons. The molecule has 1 aliphatic heterocycles. The molecule has 0 aliphatic carbocycles. The van der Waals surface area contributed by atoms with E-state index in [-0.39, 0.29) is 4.08 Å². The minimum Gasteiger partial charge on any atom is -0.138 e. The third-order valence-electron chi connectivity index (χ3n) is 5.19. The second kappa shape index (κ2) is 9.07. The van der Waals surface area contributed by atoms with Crippen LogP contribution in [-0.4, -0.2) is 11.5 Å². The molecule has 0 nitrogen and oxygen atoms in total. The molecule has 28 heavy (non-hydrogen) atoms. The Kier molecular flexibility index (Phi) is 6.29. The van der Waals surface area contributed by atoms with Gasteiger partial charge in [0.25, 0.3) is 0 Å². The fraction of sp³-hybridized carbons (Fsp3) is 0.231. The summed E-state index contributed by atoms with van der Waals surface area (Å²) < 4.78 is 0.0108. The maximum absolute atomic E-state index is 2.43. The maximum Gasteiger partial charge on any atom is 0.0962 e. The first-order chi connectivity index (χ1) is 13.8. The second-order valence-corrected chi connectivity index (χ2v) is 10.2. The van der Waals surface area contributed by atoms with Gasteiger partial charge in [0.05, 0.1) is 4.08 Å². The summed E-state index contributed by atoms with van der Waals surface area (Å²) in [6.45, 7) is 2.20. The summed E-state index contributed by atoms with van der Waals surface area (Å²) in [5.41, 5.74) is 5.42. The van der Waals surface area contributed by atoms with E-state index in [9.17, 15) is 0 Å². The van der Waals surface area contributed by atoms with Crippen LogP contribution in [0.3, 0.4) is 0 Å². The SMILES string of the molecule is Cc1cccc(C2([C@@H](/C=C/c3ccccc3)c3ccccc3)SCCCS2)c1. The summed E-state index contributed by atoms with van der Waals surface area (Å²) in [6.07, 6.45) is 6.01. The fourth-order valence-electron chi connectivity index (χ4n) is 3.82. The third-order valence-corrected chi connectivity index (χ3v) is 8.72. The van der Waals surface area contributed by atoms with Gasteiger partial charge in [0, 0.05) is 5.92 Å². The normalized spacial score (nSPS) is 17.5. The number of allylic oxidation sites excluding steroid dienone is 1. The summed E-state index contributed by atoms with van der Waals surface area (Å²) in [4.78, 5) is 0. The van der Waals surface area contributed by atoms with E-state index in [4.69, 9.17) is 0 Å². The van der Waals surface area contributed by atoms with E-state index >= 15 is 0 Å². The van der Waals surface area contributed by atoms with Gasteiger partial charge in [-0.25, -0.2) is 0 Å². The molecule has 142 valence electrons. The Balaban J connectivity index is 1.83. The molecule has 4 rings (SSSR count). The summed E-state index contributed by atoms with van der Waals surface area (Å²) >= 11 is 4.24. The van der Waals surface area contributed by atoms with Crippen LogP contribution >= 0.6 is 23.5 Å². The average molecular weight is 403 g/mol. The lowest BCUT2D eigenvalue weighted by Gasteiger charge is -2.42. The van der Waals surface area contributed by atoms with Gasteiger partial charge in [-0.15, -0.1) is 23.5 Å². The molecular weight excluding hydrogens is 376 g/mol. The van der Waals surface area contributed by atoms with Crippen LogP contribution in [0.15, 0.2) is 91.0 Å². The van der Waals surface area contributed by atoms with Gasteiger partial charge < -0.3 is 0 Å². The van der Waals surface area contributed by atoms with Crippen molar-refractivity contribution in [2.45, 2.75) is 23.3 Å². The second-order valence-electron chi connectivity index (χ2n) is 7.25. The number of hydrogen-bond donors (Lipinski definition) is 0. The molecule has 2 heteroatoms. The van der Waals surface area contributed by atoms with E-state index in [0.717, 1.165) is 0 Å². The molecule has 0 saturated carbocycles. The Labute approximate surface area is 177 Å². The number of benzene rings is 3. The van der Waals surface area contributed by atoms with Crippen LogP contribution < -0.4 is 0 Å². The molecule has 1 atom stereocenters. The molecule has 0 aromatic heterocycles. The molecule has 1 aliphatic rings. The molecule has 3 aromatic rings. The summed E-state index contributed by atoms with van der Waals surface area (Å²) in [5, 5.41) is 0. The monoisotopic (exact) mass is 402 g/mol. The Morgan fingerprint density at radius 1 is 0.821 bits per heavy atom. The van der Waals surface area contributed by atoms with Crippen molar-refractivity contribution < 1.29 is 0 Å². The van der Waals surface area contributed by atoms with Crippen LogP contribution in [0.4, 0.5) is 0 Å². The largest absolute Gasteiger partial charge is 0.138 e. The summed E-state index contributed by atoms with van der Waals surface area (Å²) in [7, 11) is 0. The Bertz CT molecular complexity index is 909. The van der Waals surface area contributed by atoms with Crippen LogP contribution in [0.5, 0.6) is 0 Å². The minimum atomic E-state index is 0.0108. The van der Waals surface area contributed by atoms with Crippen LogP contribution in [0.25, 0.3) is 6.08 Å². The average Bonchev–Trinajstić information content (AvgIpc) is 2.76. The van der Waals surface area contributed by atoms with E-state index in [0.29, 0.717) is 5.92 Å². The van der Waals surface area contributed by atoms with Crippen LogP contribution in [-0.2, 0) is 4.08 Å². The van der Waals surface area contributed by atoms with E-state index in [1.165, 1.54) is 40.2 Å². The zero-order chi connectivity index (χ0) is 19.2. The number of hydrogen-bond acceptors (Lipinski definition) is 2. The highest BCUT2D eigenvalue weighted by atomic mass is 32.2. The van der Waals surface area contributed by atoms with Crippen molar-refractivity contribution in [1.82, 2.24) is 0 Å². The number of thioether (sulfide) groups is 2. The molecular formula is C26H26S2. The van der Waals surface area contributed by atoms with Gasteiger partial charge >= 0.3 is 0 Å². The lowest BCUT2D eigenvalue weighted by molar-refractivity contribution is 0.751. The van der Waals surface area contributed by atoms with Crippen molar-refractivity contribution >= 4 is 29.6 Å². The van der Waals surface area contributed by atoms with Crippen LogP contribution in [0, 0.1) is 6.92 Å². The van der Waals surface area contributed by atoms with Gasteiger partial charge in [0.2, 0.25) is 0 Å². The van der Waals surface area contributed by atoms with Crippen molar-refractivity contribution in [1.29, 1.82) is 0 Å². The molecule has 0 unspecified atom stereocenters. The highest BCUT2D eigenvalue weighted by molar-refractivity contribution is 8.18. The summed E-state index contributed by atoms with van der Waals surface area (Å²) in [6, 6.07) is 30.8. The van der Waals surface area contributed by atoms with Crippen molar-refractivity contribution in [3.63, 3.8) is 0 Å². The number of rotatable bonds is 5. The van der Waals surface area contributed by atoms with Crippen molar-refractivity contribution in [3.8, 4) is 0 Å². The molecule has 3 aromatic carbocycles. The van der Waals surface area contributed by atoms with Crippen LogP contribution in [0.1, 0.15) is 34.6 Å². The quantitative estimate of drug-likeness (QED) is 0.433. The van der Waals surface area contributed by atoms with Gasteiger partial charge in [-0.05, 0) is 41.5 Å². The predicted octanol–water partition coefficient (Wildman–Crippen LogP) is 7.52. The highest BCUT2D eigenvalue weighted by Gasteiger charge is 2.42. The first-order valence-corrected chi connectivity index (χ1v) is 11.9. The molecule has 0 bridgehead atoms. The highest BCUT2D eigenvalue weighted by Crippen LogP contribution is 2.59. The van der Waals surface area contributed by atoms with Gasteiger partial charge in [0.1, 0.15) is 0 Å². The van der Waals surface area contributed by atoms with E-state index in [2.05, 4.69) is 128 Å². The van der Waals surface area contributed by atoms with Gasteiger partial charge in [-0.3, -0.25) is 0 Å². The number of aryl methyl sites for hydroxylation is 1. The van der Waals surface area contributed by atoms with E-state index < -0.39 is 0 Å². The molecule has 1 fully saturated rings. The topological polar surface area (TPSA) is 0 Å². The lowest BCUT2D eigenvalue weighted by Crippen LogP contribution is -2.29. The Morgan fingerprint density at radius 2 is 1.50 bits per heavy atom. The van der Waals surface area contributed by atoms with E-state index in [1.807, 2.05) is 0 Å². The van der Waals surface area contributed by atoms with Crippen LogP contribution in [0.2, 0.25) is 0 Å². The fourth-order valence-corrected chi connectivity index (χ4v) is 7.40. The van der Waals surface area contributed by atoms with Gasteiger partial charge in [-0.1, -0.05) is 103 Å². The lowest BCUT2D eigenvalue weighted by atomic mass is 9.89. The maximum atomic E-state index is 2.43. The standard InChI is InChI=1S/C26H26S2/c1-21-10-8-15-24(20-21)26(27-18-9-19-28-26)25(23-13-6-3-7-14-23)17-16-22-11-4-2-5-12-22/h2-8,10-17,20,25H,9,18-19H2,1H3/b17-16+/t25-/m0/s1. The predicted molar refractivity (Wildman–Crippen MR) is 127 cm³/mol.